The van der Waals surface area contributed by atoms with Crippen molar-refractivity contribution in [1.29, 1.82) is 0 Å². The molecule has 160 valence electrons. The molecule has 8 heteroatoms. The first-order valence-electron chi connectivity index (χ1n) is 10.7. The van der Waals surface area contributed by atoms with E-state index in [-0.39, 0.29) is 103 Å². The standard InChI is InChI=1S/C20H42O.2K.H2O4S/c1-3-5-7-9-11-13-15-17-19-21-20-18-16-14-12-10-8-6-4-2;;;1-5(2,3)4/h3-20H2,1-2H3;;;(H2,1,2,3,4)/q;2*+1;/p-2. The fraction of sp³-hybridized carbons (Fsp3) is 1.00. The second-order valence-electron chi connectivity index (χ2n) is 6.97. The molecule has 0 fully saturated rings. The van der Waals surface area contributed by atoms with Crippen molar-refractivity contribution < 1.29 is 125 Å². The van der Waals surface area contributed by atoms with E-state index in [9.17, 15) is 0 Å². The molecule has 0 N–H and O–H groups in total. The number of hydrogen-bond acceptors (Lipinski definition) is 5. The molecule has 0 aromatic heterocycles. The molecule has 0 saturated heterocycles. The normalized spacial score (nSPS) is 10.4. The summed E-state index contributed by atoms with van der Waals surface area (Å²) in [4.78, 5) is 0. The third-order valence-electron chi connectivity index (χ3n) is 4.28. The first-order chi connectivity index (χ1) is 12.4. The first kappa shape index (κ1) is 38.4. The van der Waals surface area contributed by atoms with E-state index in [0.717, 1.165) is 13.2 Å². The molecule has 0 radical (unpaired) electrons. The molecule has 0 rings (SSSR count). The van der Waals surface area contributed by atoms with E-state index < -0.39 is 10.4 Å². The van der Waals surface area contributed by atoms with Crippen molar-refractivity contribution in [1.82, 2.24) is 0 Å². The molecule has 0 aromatic rings. The molecular formula is C20H42K2O5S. The van der Waals surface area contributed by atoms with Crippen LogP contribution in [0.4, 0.5) is 0 Å². The molecule has 0 heterocycles. The maximum absolute atomic E-state index is 8.52. The number of hydrogen-bond donors (Lipinski definition) is 0. The van der Waals surface area contributed by atoms with Crippen LogP contribution in [0.2, 0.25) is 0 Å². The van der Waals surface area contributed by atoms with Gasteiger partial charge in [-0.2, -0.15) is 0 Å². The molecular weight excluding hydrogens is 430 g/mol. The van der Waals surface area contributed by atoms with Crippen LogP contribution < -0.4 is 103 Å². The third-order valence-corrected chi connectivity index (χ3v) is 4.28. The van der Waals surface area contributed by atoms with Gasteiger partial charge in [0, 0.05) is 23.6 Å². The molecule has 0 spiro atoms. The Kier molecular flexibility index (Phi) is 44.2. The van der Waals surface area contributed by atoms with Gasteiger partial charge in [-0.3, -0.25) is 8.42 Å². The van der Waals surface area contributed by atoms with Crippen molar-refractivity contribution in [3.63, 3.8) is 0 Å². The Balaban J connectivity index is -0.000000364. The molecule has 5 nitrogen and oxygen atoms in total. The molecule has 0 aliphatic carbocycles. The zero-order valence-corrected chi connectivity index (χ0v) is 26.2. The van der Waals surface area contributed by atoms with E-state index in [1.165, 1.54) is 103 Å². The van der Waals surface area contributed by atoms with Gasteiger partial charge < -0.3 is 13.8 Å². The monoisotopic (exact) mass is 472 g/mol. The van der Waals surface area contributed by atoms with Gasteiger partial charge in [0.05, 0.1) is 0 Å². The van der Waals surface area contributed by atoms with Gasteiger partial charge in [0.25, 0.3) is 0 Å². The Labute approximate surface area is 260 Å². The molecule has 0 aromatic carbocycles. The summed E-state index contributed by atoms with van der Waals surface area (Å²) in [5, 5.41) is 0. The van der Waals surface area contributed by atoms with E-state index in [1.807, 2.05) is 0 Å². The second-order valence-corrected chi connectivity index (χ2v) is 7.79. The van der Waals surface area contributed by atoms with E-state index in [1.54, 1.807) is 0 Å². The van der Waals surface area contributed by atoms with Crippen molar-refractivity contribution in [2.75, 3.05) is 13.2 Å². The van der Waals surface area contributed by atoms with Gasteiger partial charge in [-0.25, -0.2) is 0 Å². The van der Waals surface area contributed by atoms with Crippen molar-refractivity contribution >= 4 is 10.4 Å². The van der Waals surface area contributed by atoms with E-state index >= 15 is 0 Å². The van der Waals surface area contributed by atoms with Crippen LogP contribution in [0.3, 0.4) is 0 Å². The van der Waals surface area contributed by atoms with Crippen molar-refractivity contribution in [2.45, 2.75) is 117 Å². The maximum Gasteiger partial charge on any atom is 1.00 e. The average molecular weight is 473 g/mol. The van der Waals surface area contributed by atoms with Crippen LogP contribution in [0.15, 0.2) is 0 Å². The Bertz CT molecular complexity index is 329. The van der Waals surface area contributed by atoms with Crippen LogP contribution in [0, 0.1) is 0 Å². The van der Waals surface area contributed by atoms with Gasteiger partial charge in [-0.1, -0.05) is 104 Å². The minimum atomic E-state index is -5.17. The minimum Gasteiger partial charge on any atom is -0.759 e. The Morgan fingerprint density at radius 2 is 0.750 bits per heavy atom. The van der Waals surface area contributed by atoms with Crippen molar-refractivity contribution in [3.8, 4) is 0 Å². The molecule has 0 amide bonds. The SMILES string of the molecule is CCCCCCCCCCOCCCCCCCCCC.O=S(=O)([O-])[O-].[K+].[K+]. The molecule has 28 heavy (non-hydrogen) atoms. The van der Waals surface area contributed by atoms with Crippen LogP contribution in [0.1, 0.15) is 117 Å². The molecule has 0 atom stereocenters. The zero-order chi connectivity index (χ0) is 19.9. The average Bonchev–Trinajstić information content (AvgIpc) is 2.56. The predicted molar refractivity (Wildman–Crippen MR) is 107 cm³/mol. The molecule has 0 unspecified atom stereocenters. The fourth-order valence-electron chi connectivity index (χ4n) is 2.78. The van der Waals surface area contributed by atoms with Gasteiger partial charge in [-0.05, 0) is 12.8 Å². The molecule has 0 aliphatic rings. The topological polar surface area (TPSA) is 89.5 Å². The van der Waals surface area contributed by atoms with Gasteiger partial charge in [0.2, 0.25) is 0 Å². The van der Waals surface area contributed by atoms with Gasteiger partial charge in [0.1, 0.15) is 0 Å². The third kappa shape index (κ3) is 51.6. The zero-order valence-electron chi connectivity index (χ0n) is 19.2. The van der Waals surface area contributed by atoms with Crippen LogP contribution in [-0.4, -0.2) is 30.7 Å². The first-order valence-corrected chi connectivity index (χ1v) is 12.0. The summed E-state index contributed by atoms with van der Waals surface area (Å²) < 4.78 is 39.8. The van der Waals surface area contributed by atoms with Crippen LogP contribution in [-0.2, 0) is 15.1 Å². The van der Waals surface area contributed by atoms with Gasteiger partial charge in [-0.15, -0.1) is 0 Å². The van der Waals surface area contributed by atoms with Gasteiger partial charge >= 0.3 is 103 Å². The van der Waals surface area contributed by atoms with E-state index in [0.29, 0.717) is 0 Å². The largest absolute Gasteiger partial charge is 1.00 e. The summed E-state index contributed by atoms with van der Waals surface area (Å²) >= 11 is 0. The van der Waals surface area contributed by atoms with Crippen LogP contribution >= 0.6 is 0 Å². The quantitative estimate of drug-likeness (QED) is 0.121. The molecule has 0 saturated carbocycles. The number of rotatable bonds is 18. The molecule has 0 aliphatic heterocycles. The molecule has 0 bridgehead atoms. The maximum atomic E-state index is 8.52. The number of unbranched alkanes of at least 4 members (excludes halogenated alkanes) is 14. The Hall–Kier alpha value is 3.10. The summed E-state index contributed by atoms with van der Waals surface area (Å²) in [6.07, 6.45) is 22.2. The Morgan fingerprint density at radius 3 is 1.00 bits per heavy atom. The predicted octanol–water partition coefficient (Wildman–Crippen LogP) is -0.0456. The van der Waals surface area contributed by atoms with E-state index in [2.05, 4.69) is 13.8 Å². The second kappa shape index (κ2) is 32.3. The van der Waals surface area contributed by atoms with Crippen LogP contribution in [0.5, 0.6) is 0 Å². The van der Waals surface area contributed by atoms with E-state index in [4.69, 9.17) is 22.3 Å². The summed E-state index contributed by atoms with van der Waals surface area (Å²) in [7, 11) is -5.17. The van der Waals surface area contributed by atoms with Gasteiger partial charge in [0.15, 0.2) is 0 Å². The summed E-state index contributed by atoms with van der Waals surface area (Å²) in [6.45, 7) is 6.55. The summed E-state index contributed by atoms with van der Waals surface area (Å²) in [5.74, 6) is 0. The number of ether oxygens (including phenoxy) is 1. The minimum absolute atomic E-state index is 0. The van der Waals surface area contributed by atoms with Crippen molar-refractivity contribution in [3.05, 3.63) is 0 Å². The summed E-state index contributed by atoms with van der Waals surface area (Å²) in [6, 6.07) is 0. The van der Waals surface area contributed by atoms with Crippen LogP contribution in [0.25, 0.3) is 0 Å². The Morgan fingerprint density at radius 1 is 0.536 bits per heavy atom. The smallest absolute Gasteiger partial charge is 0.759 e. The fourth-order valence-corrected chi connectivity index (χ4v) is 2.78. The summed E-state index contributed by atoms with van der Waals surface area (Å²) in [5.41, 5.74) is 0. The van der Waals surface area contributed by atoms with Crippen molar-refractivity contribution in [2.24, 2.45) is 0 Å².